The molecule has 164 valence electrons. The van der Waals surface area contributed by atoms with E-state index in [-0.39, 0.29) is 16.4 Å². The number of nitro benzene ring substituents is 1. The first-order chi connectivity index (χ1) is 14.0. The summed E-state index contributed by atoms with van der Waals surface area (Å²) in [4.78, 5) is 48.2. The molecule has 1 aliphatic heterocycles. The number of carbonyl (C=O) groups excluding carboxylic acids is 3. The Kier molecular flexibility index (Phi) is 7.60. The number of nitro groups is 1. The Labute approximate surface area is 178 Å². The molecule has 1 aliphatic rings. The second-order valence-electron chi connectivity index (χ2n) is 7.82. The molecule has 1 aromatic rings. The number of nitrogens with one attached hydrogen (secondary N) is 1. The Morgan fingerprint density at radius 3 is 2.47 bits per heavy atom. The van der Waals surface area contributed by atoms with Crippen LogP contribution in [0.25, 0.3) is 0 Å². The fourth-order valence-electron chi connectivity index (χ4n) is 2.83. The van der Waals surface area contributed by atoms with E-state index in [2.05, 4.69) is 5.32 Å². The lowest BCUT2D eigenvalue weighted by atomic mass is 9.97. The molecule has 1 aromatic carbocycles. The molecule has 0 bridgehead atoms. The molecule has 11 heteroatoms. The Morgan fingerprint density at radius 2 is 1.90 bits per heavy atom. The molecule has 2 amide bonds. The number of anilines is 1. The molecular weight excluding hydrogens is 418 g/mol. The van der Waals surface area contributed by atoms with Crippen LogP contribution in [0.15, 0.2) is 18.2 Å². The van der Waals surface area contributed by atoms with Crippen molar-refractivity contribution in [3.8, 4) is 0 Å². The van der Waals surface area contributed by atoms with Gasteiger partial charge >= 0.3 is 12.1 Å². The average molecular weight is 442 g/mol. The van der Waals surface area contributed by atoms with Crippen molar-refractivity contribution < 1.29 is 28.8 Å². The predicted octanol–water partition coefficient (Wildman–Crippen LogP) is 3.38. The van der Waals surface area contributed by atoms with Crippen molar-refractivity contribution in [3.63, 3.8) is 0 Å². The van der Waals surface area contributed by atoms with Gasteiger partial charge in [0.15, 0.2) is 6.61 Å². The third-order valence-electron chi connectivity index (χ3n) is 4.26. The van der Waals surface area contributed by atoms with Crippen LogP contribution in [0, 0.1) is 16.0 Å². The lowest BCUT2D eigenvalue weighted by Crippen LogP contribution is -2.43. The number of piperidine rings is 1. The van der Waals surface area contributed by atoms with Gasteiger partial charge in [-0.2, -0.15) is 0 Å². The van der Waals surface area contributed by atoms with E-state index in [1.807, 2.05) is 0 Å². The molecule has 1 N–H and O–H groups in total. The van der Waals surface area contributed by atoms with E-state index in [0.717, 1.165) is 6.07 Å². The number of nitrogens with zero attached hydrogens (tertiary/aromatic N) is 2. The van der Waals surface area contributed by atoms with Gasteiger partial charge in [-0.1, -0.05) is 11.6 Å². The van der Waals surface area contributed by atoms with Crippen molar-refractivity contribution in [2.45, 2.75) is 39.2 Å². The molecule has 10 nitrogen and oxygen atoms in total. The fourth-order valence-corrected chi connectivity index (χ4v) is 2.99. The lowest BCUT2D eigenvalue weighted by Gasteiger charge is -2.32. The van der Waals surface area contributed by atoms with Crippen molar-refractivity contribution in [3.05, 3.63) is 33.3 Å². The van der Waals surface area contributed by atoms with Gasteiger partial charge in [0.05, 0.1) is 10.8 Å². The molecule has 0 spiro atoms. The topological polar surface area (TPSA) is 128 Å². The van der Waals surface area contributed by atoms with E-state index in [1.165, 1.54) is 17.0 Å². The smallest absolute Gasteiger partial charge is 0.410 e. The summed E-state index contributed by atoms with van der Waals surface area (Å²) in [5.74, 6) is -1.71. The minimum absolute atomic E-state index is 0.0453. The van der Waals surface area contributed by atoms with E-state index in [1.54, 1.807) is 20.8 Å². The number of esters is 1. The predicted molar refractivity (Wildman–Crippen MR) is 108 cm³/mol. The molecule has 0 unspecified atom stereocenters. The molecule has 1 fully saturated rings. The maximum atomic E-state index is 12.2. The average Bonchev–Trinajstić information content (AvgIpc) is 2.66. The molecular formula is C19H24ClN3O7. The third kappa shape index (κ3) is 6.87. The molecule has 0 saturated carbocycles. The van der Waals surface area contributed by atoms with E-state index in [0.29, 0.717) is 25.9 Å². The number of benzene rings is 1. The normalized spacial score (nSPS) is 14.7. The van der Waals surface area contributed by atoms with Crippen molar-refractivity contribution in [2.24, 2.45) is 5.92 Å². The third-order valence-corrected chi connectivity index (χ3v) is 4.49. The maximum absolute atomic E-state index is 12.2. The summed E-state index contributed by atoms with van der Waals surface area (Å²) in [6.45, 7) is 5.44. The van der Waals surface area contributed by atoms with Gasteiger partial charge in [-0.3, -0.25) is 19.7 Å². The first-order valence-electron chi connectivity index (χ1n) is 9.34. The second-order valence-corrected chi connectivity index (χ2v) is 8.25. The SMILES string of the molecule is CC(C)(C)OC(=O)N1CCC(C(=O)OCC(=O)Nc2ccc(Cl)cc2[N+](=O)[O-])CC1. The molecule has 2 rings (SSSR count). The Balaban J connectivity index is 1.81. The molecule has 0 aromatic heterocycles. The Bertz CT molecular complexity index is 830. The maximum Gasteiger partial charge on any atom is 0.410 e. The van der Waals surface area contributed by atoms with Gasteiger partial charge in [-0.25, -0.2) is 4.79 Å². The highest BCUT2D eigenvalue weighted by Crippen LogP contribution is 2.27. The zero-order valence-corrected chi connectivity index (χ0v) is 17.7. The van der Waals surface area contributed by atoms with Crippen LogP contribution < -0.4 is 5.32 Å². The molecule has 0 radical (unpaired) electrons. The summed E-state index contributed by atoms with van der Waals surface area (Å²) in [6.07, 6.45) is 0.350. The van der Waals surface area contributed by atoms with Gasteiger partial charge in [0.25, 0.3) is 11.6 Å². The van der Waals surface area contributed by atoms with Crippen LogP contribution >= 0.6 is 11.6 Å². The zero-order chi connectivity index (χ0) is 22.5. The first-order valence-corrected chi connectivity index (χ1v) is 9.72. The van der Waals surface area contributed by atoms with Crippen LogP contribution in [0.4, 0.5) is 16.2 Å². The monoisotopic (exact) mass is 441 g/mol. The number of hydrogen-bond donors (Lipinski definition) is 1. The van der Waals surface area contributed by atoms with Crippen molar-refractivity contribution >= 4 is 40.9 Å². The largest absolute Gasteiger partial charge is 0.455 e. The quantitative estimate of drug-likeness (QED) is 0.421. The van der Waals surface area contributed by atoms with Crippen molar-refractivity contribution in [1.29, 1.82) is 0 Å². The van der Waals surface area contributed by atoms with Gasteiger partial charge in [0, 0.05) is 24.2 Å². The van der Waals surface area contributed by atoms with Gasteiger partial charge in [0.1, 0.15) is 11.3 Å². The molecule has 0 aliphatic carbocycles. The van der Waals surface area contributed by atoms with Crippen LogP contribution in [0.1, 0.15) is 33.6 Å². The summed E-state index contributed by atoms with van der Waals surface area (Å²) in [7, 11) is 0. The second kappa shape index (κ2) is 9.75. The number of carbonyl (C=O) groups is 3. The Morgan fingerprint density at radius 1 is 1.27 bits per heavy atom. The fraction of sp³-hybridized carbons (Fsp3) is 0.526. The summed E-state index contributed by atoms with van der Waals surface area (Å²) < 4.78 is 10.3. The van der Waals surface area contributed by atoms with Crippen LogP contribution in [-0.2, 0) is 19.1 Å². The van der Waals surface area contributed by atoms with Gasteiger partial charge in [0.2, 0.25) is 0 Å². The van der Waals surface area contributed by atoms with E-state index >= 15 is 0 Å². The highest BCUT2D eigenvalue weighted by atomic mass is 35.5. The van der Waals surface area contributed by atoms with Crippen LogP contribution in [0.5, 0.6) is 0 Å². The number of rotatable bonds is 5. The number of halogens is 1. The highest BCUT2D eigenvalue weighted by Gasteiger charge is 2.31. The zero-order valence-electron chi connectivity index (χ0n) is 17.0. The van der Waals surface area contributed by atoms with Crippen LogP contribution in [0.2, 0.25) is 5.02 Å². The minimum atomic E-state index is -0.708. The highest BCUT2D eigenvalue weighted by molar-refractivity contribution is 6.31. The summed E-state index contributed by atoms with van der Waals surface area (Å²) in [5, 5.41) is 13.5. The molecule has 1 saturated heterocycles. The van der Waals surface area contributed by atoms with E-state index in [9.17, 15) is 24.5 Å². The van der Waals surface area contributed by atoms with Crippen LogP contribution in [0.3, 0.4) is 0 Å². The minimum Gasteiger partial charge on any atom is -0.455 e. The number of ether oxygens (including phenoxy) is 2. The number of amides is 2. The van der Waals surface area contributed by atoms with E-state index in [4.69, 9.17) is 21.1 Å². The summed E-state index contributed by atoms with van der Waals surface area (Å²) in [5.41, 5.74) is -1.01. The standard InChI is InChI=1S/C19H24ClN3O7/c1-19(2,3)30-18(26)22-8-6-12(7-9-22)17(25)29-11-16(24)21-14-5-4-13(20)10-15(14)23(27)28/h4-5,10,12H,6-9,11H2,1-3H3,(H,21,24). The lowest BCUT2D eigenvalue weighted by molar-refractivity contribution is -0.383. The van der Waals surface area contributed by atoms with Gasteiger partial charge in [-0.05, 0) is 45.7 Å². The van der Waals surface area contributed by atoms with E-state index < -0.39 is 41.0 Å². The van der Waals surface area contributed by atoms with Crippen molar-refractivity contribution in [1.82, 2.24) is 4.90 Å². The molecule has 30 heavy (non-hydrogen) atoms. The van der Waals surface area contributed by atoms with Crippen molar-refractivity contribution in [2.75, 3.05) is 25.0 Å². The Hall–Kier alpha value is -2.88. The summed E-state index contributed by atoms with van der Waals surface area (Å²) in [6, 6.07) is 3.81. The van der Waals surface area contributed by atoms with Crippen LogP contribution in [-0.4, -0.2) is 53.1 Å². The first kappa shape index (κ1) is 23.4. The molecule has 0 atom stereocenters. The summed E-state index contributed by atoms with van der Waals surface area (Å²) >= 11 is 5.73. The number of likely N-dealkylation sites (tertiary alicyclic amines) is 1. The van der Waals surface area contributed by atoms with Gasteiger partial charge < -0.3 is 19.7 Å². The number of hydrogen-bond acceptors (Lipinski definition) is 7. The van der Waals surface area contributed by atoms with Gasteiger partial charge in [-0.15, -0.1) is 0 Å². The molecule has 1 heterocycles.